The summed E-state index contributed by atoms with van der Waals surface area (Å²) in [6, 6.07) is 2.24. The molecule has 1 saturated heterocycles. The summed E-state index contributed by atoms with van der Waals surface area (Å²) in [5.41, 5.74) is 5.66. The number of ether oxygens (including phenoxy) is 1. The van der Waals surface area contributed by atoms with Crippen LogP contribution in [0.1, 0.15) is 32.1 Å². The van der Waals surface area contributed by atoms with Gasteiger partial charge in [0.2, 0.25) is 10.0 Å². The molecule has 1 aromatic carbocycles. The van der Waals surface area contributed by atoms with E-state index in [1.54, 1.807) is 0 Å². The molecule has 1 fully saturated rings. The number of methoxy groups -OCH3 is 1. The van der Waals surface area contributed by atoms with Crippen molar-refractivity contribution in [3.05, 3.63) is 17.9 Å². The van der Waals surface area contributed by atoms with Gasteiger partial charge in [-0.25, -0.2) is 12.8 Å². The van der Waals surface area contributed by atoms with Crippen LogP contribution in [-0.4, -0.2) is 32.9 Å². The molecule has 118 valence electrons. The van der Waals surface area contributed by atoms with Crippen LogP contribution in [-0.2, 0) is 10.0 Å². The number of nitrogens with two attached hydrogens (primary N) is 1. The molecule has 1 heterocycles. The Kier molecular flexibility index (Phi) is 5.05. The first-order valence-electron chi connectivity index (χ1n) is 7.10. The van der Waals surface area contributed by atoms with E-state index in [1.165, 1.54) is 17.5 Å². The summed E-state index contributed by atoms with van der Waals surface area (Å²) >= 11 is 0. The molecule has 0 amide bonds. The lowest BCUT2D eigenvalue weighted by atomic mass is 10.1. The third-order valence-electron chi connectivity index (χ3n) is 3.70. The highest BCUT2D eigenvalue weighted by atomic mass is 32.2. The number of nitrogen functional groups attached to an aromatic ring is 1. The van der Waals surface area contributed by atoms with Gasteiger partial charge in [-0.05, 0) is 25.0 Å². The second-order valence-electron chi connectivity index (χ2n) is 5.20. The third kappa shape index (κ3) is 3.47. The van der Waals surface area contributed by atoms with Gasteiger partial charge in [0, 0.05) is 13.1 Å². The first kappa shape index (κ1) is 16.0. The fourth-order valence-corrected chi connectivity index (χ4v) is 4.13. The van der Waals surface area contributed by atoms with Crippen molar-refractivity contribution < 1.29 is 17.5 Å². The van der Waals surface area contributed by atoms with Gasteiger partial charge in [0.25, 0.3) is 0 Å². The van der Waals surface area contributed by atoms with Crippen molar-refractivity contribution in [2.45, 2.75) is 37.0 Å². The summed E-state index contributed by atoms with van der Waals surface area (Å²) in [6.45, 7) is 0.936. The lowest BCUT2D eigenvalue weighted by Gasteiger charge is -2.24. The molecule has 0 aliphatic carbocycles. The quantitative estimate of drug-likeness (QED) is 0.869. The second kappa shape index (κ2) is 6.62. The van der Waals surface area contributed by atoms with Crippen LogP contribution in [0.15, 0.2) is 17.0 Å². The summed E-state index contributed by atoms with van der Waals surface area (Å²) in [6.07, 6.45) is 4.83. The van der Waals surface area contributed by atoms with Gasteiger partial charge in [-0.2, -0.15) is 4.31 Å². The van der Waals surface area contributed by atoms with E-state index in [1.807, 2.05) is 0 Å². The Hall–Kier alpha value is -1.34. The molecule has 2 rings (SSSR count). The maximum Gasteiger partial charge on any atom is 0.243 e. The lowest BCUT2D eigenvalue weighted by molar-refractivity contribution is 0.363. The zero-order chi connectivity index (χ0) is 15.5. The zero-order valence-corrected chi connectivity index (χ0v) is 13.0. The molecule has 0 spiro atoms. The highest BCUT2D eigenvalue weighted by Gasteiger charge is 2.26. The molecule has 1 aromatic rings. The number of rotatable bonds is 3. The van der Waals surface area contributed by atoms with Crippen LogP contribution in [0.4, 0.5) is 10.1 Å². The minimum Gasteiger partial charge on any atom is -0.492 e. The Morgan fingerprint density at radius 3 is 2.24 bits per heavy atom. The van der Waals surface area contributed by atoms with E-state index in [4.69, 9.17) is 10.5 Å². The SMILES string of the molecule is COc1c(N)cc(S(=O)(=O)N2CCCCCCC2)cc1F. The maximum absolute atomic E-state index is 13.9. The maximum atomic E-state index is 13.9. The van der Waals surface area contributed by atoms with E-state index in [-0.39, 0.29) is 16.3 Å². The van der Waals surface area contributed by atoms with E-state index >= 15 is 0 Å². The smallest absolute Gasteiger partial charge is 0.243 e. The molecular weight excluding hydrogens is 295 g/mol. The Morgan fingerprint density at radius 1 is 1.14 bits per heavy atom. The van der Waals surface area contributed by atoms with Gasteiger partial charge >= 0.3 is 0 Å². The normalized spacial score (nSPS) is 18.0. The van der Waals surface area contributed by atoms with Crippen molar-refractivity contribution in [3.8, 4) is 5.75 Å². The molecular formula is C14H21FN2O3S. The van der Waals surface area contributed by atoms with Crippen LogP contribution < -0.4 is 10.5 Å². The van der Waals surface area contributed by atoms with E-state index in [2.05, 4.69) is 0 Å². The summed E-state index contributed by atoms with van der Waals surface area (Å²) < 4.78 is 45.3. The van der Waals surface area contributed by atoms with E-state index < -0.39 is 15.8 Å². The summed E-state index contributed by atoms with van der Waals surface area (Å²) in [5.74, 6) is -0.885. The van der Waals surface area contributed by atoms with Crippen molar-refractivity contribution in [3.63, 3.8) is 0 Å². The predicted octanol–water partition coefficient (Wildman–Crippen LogP) is 2.37. The molecule has 0 unspecified atom stereocenters. The summed E-state index contributed by atoms with van der Waals surface area (Å²) in [5, 5.41) is 0. The Labute approximate surface area is 124 Å². The van der Waals surface area contributed by atoms with Crippen molar-refractivity contribution >= 4 is 15.7 Å². The molecule has 0 saturated carbocycles. The monoisotopic (exact) mass is 316 g/mol. The topological polar surface area (TPSA) is 72.6 Å². The average Bonchev–Trinajstić information content (AvgIpc) is 2.37. The fraction of sp³-hybridized carbons (Fsp3) is 0.571. The van der Waals surface area contributed by atoms with Gasteiger partial charge in [0.1, 0.15) is 0 Å². The van der Waals surface area contributed by atoms with Gasteiger partial charge in [-0.1, -0.05) is 19.3 Å². The van der Waals surface area contributed by atoms with Crippen LogP contribution in [0.5, 0.6) is 5.75 Å². The van der Waals surface area contributed by atoms with Crippen LogP contribution in [0.25, 0.3) is 0 Å². The van der Waals surface area contributed by atoms with Crippen LogP contribution in [0.2, 0.25) is 0 Å². The highest BCUT2D eigenvalue weighted by molar-refractivity contribution is 7.89. The Bertz CT molecular complexity index is 573. The van der Waals surface area contributed by atoms with E-state index in [0.717, 1.165) is 38.2 Å². The van der Waals surface area contributed by atoms with E-state index in [0.29, 0.717) is 13.1 Å². The molecule has 5 nitrogen and oxygen atoms in total. The standard InChI is InChI=1S/C14H21FN2O3S/c1-20-14-12(15)9-11(10-13(14)16)21(18,19)17-7-5-3-2-4-6-8-17/h9-10H,2-8,16H2,1H3. The van der Waals surface area contributed by atoms with Crippen molar-refractivity contribution in [1.29, 1.82) is 0 Å². The first-order chi connectivity index (χ1) is 9.96. The molecule has 0 bridgehead atoms. The number of halogens is 1. The first-order valence-corrected chi connectivity index (χ1v) is 8.54. The number of hydrogen-bond donors (Lipinski definition) is 1. The van der Waals surface area contributed by atoms with Crippen LogP contribution in [0, 0.1) is 5.82 Å². The molecule has 0 atom stereocenters. The molecule has 21 heavy (non-hydrogen) atoms. The summed E-state index contributed by atoms with van der Waals surface area (Å²) in [4.78, 5) is -0.112. The average molecular weight is 316 g/mol. The number of anilines is 1. The second-order valence-corrected chi connectivity index (χ2v) is 7.14. The number of sulfonamides is 1. The molecule has 0 radical (unpaired) electrons. The largest absolute Gasteiger partial charge is 0.492 e. The van der Waals surface area contributed by atoms with Gasteiger partial charge in [-0.15, -0.1) is 0 Å². The fourth-order valence-electron chi connectivity index (χ4n) is 2.56. The summed E-state index contributed by atoms with van der Waals surface area (Å²) in [7, 11) is -2.42. The third-order valence-corrected chi connectivity index (χ3v) is 5.58. The van der Waals surface area contributed by atoms with E-state index in [9.17, 15) is 12.8 Å². The minimum atomic E-state index is -3.71. The zero-order valence-electron chi connectivity index (χ0n) is 12.1. The van der Waals surface area contributed by atoms with Crippen molar-refractivity contribution in [1.82, 2.24) is 4.31 Å². The molecule has 0 aromatic heterocycles. The van der Waals surface area contributed by atoms with Crippen molar-refractivity contribution in [2.24, 2.45) is 0 Å². The highest BCUT2D eigenvalue weighted by Crippen LogP contribution is 2.30. The van der Waals surface area contributed by atoms with Crippen LogP contribution >= 0.6 is 0 Å². The minimum absolute atomic E-state index is 0.0110. The molecule has 2 N–H and O–H groups in total. The van der Waals surface area contributed by atoms with Crippen molar-refractivity contribution in [2.75, 3.05) is 25.9 Å². The Morgan fingerprint density at radius 2 is 1.71 bits per heavy atom. The molecule has 1 aliphatic heterocycles. The number of benzene rings is 1. The van der Waals surface area contributed by atoms with Gasteiger partial charge in [-0.3, -0.25) is 0 Å². The van der Waals surface area contributed by atoms with Gasteiger partial charge < -0.3 is 10.5 Å². The van der Waals surface area contributed by atoms with Gasteiger partial charge in [0.05, 0.1) is 17.7 Å². The number of hydrogen-bond acceptors (Lipinski definition) is 4. The predicted molar refractivity (Wildman–Crippen MR) is 79.2 cm³/mol. The Balaban J connectivity index is 2.34. The van der Waals surface area contributed by atoms with Crippen LogP contribution in [0.3, 0.4) is 0 Å². The number of nitrogens with zero attached hydrogens (tertiary/aromatic N) is 1. The van der Waals surface area contributed by atoms with Gasteiger partial charge in [0.15, 0.2) is 11.6 Å². The molecule has 7 heteroatoms. The molecule has 1 aliphatic rings. The lowest BCUT2D eigenvalue weighted by Crippen LogP contribution is -2.34.